The van der Waals surface area contributed by atoms with Crippen LogP contribution >= 0.6 is 7.82 Å². The fourth-order valence-electron chi connectivity index (χ4n) is 7.76. The number of carbonyl (C=O) groups excluding carboxylic acids is 1. The van der Waals surface area contributed by atoms with E-state index >= 15 is 0 Å². The molecule has 2 N–H and O–H groups in total. The van der Waals surface area contributed by atoms with Gasteiger partial charge in [-0.05, 0) is 32.1 Å². The Kier molecular flexibility index (Phi) is 43.5. The number of amides is 1. The van der Waals surface area contributed by atoms with E-state index in [1.165, 1.54) is 193 Å². The van der Waals surface area contributed by atoms with Gasteiger partial charge in [0, 0.05) is 6.42 Å². The van der Waals surface area contributed by atoms with Crippen LogP contribution in [0.15, 0.2) is 24.3 Å². The number of likely N-dealkylation sites (N-methyl/N-ethyl adjacent to an activating group) is 1. The highest BCUT2D eigenvalue weighted by atomic mass is 31.2. The topological polar surface area (TPSA) is 108 Å². The molecule has 0 radical (unpaired) electrons. The van der Waals surface area contributed by atoms with Crippen LogP contribution in [0.4, 0.5) is 0 Å². The predicted molar refractivity (Wildman–Crippen MR) is 261 cm³/mol. The number of phosphoric ester groups is 1. The number of aliphatic hydroxyl groups excluding tert-OH is 1. The Morgan fingerprint density at radius 3 is 1.33 bits per heavy atom. The summed E-state index contributed by atoms with van der Waals surface area (Å²) in [6.45, 7) is 4.65. The number of allylic oxidation sites excluding steroid dienone is 3. The quantitative estimate of drug-likeness (QED) is 0.0273. The minimum atomic E-state index is -4.59. The molecule has 61 heavy (non-hydrogen) atoms. The zero-order valence-corrected chi connectivity index (χ0v) is 42.0. The molecular weight excluding hydrogens is 780 g/mol. The van der Waals surface area contributed by atoms with Crippen LogP contribution in [0.3, 0.4) is 0 Å². The van der Waals surface area contributed by atoms with E-state index in [0.717, 1.165) is 38.5 Å². The first-order chi connectivity index (χ1) is 29.5. The minimum Gasteiger partial charge on any atom is -0.756 e. The molecule has 0 aromatic heterocycles. The summed E-state index contributed by atoms with van der Waals surface area (Å²) < 4.78 is 23.2. The predicted octanol–water partition coefficient (Wildman–Crippen LogP) is 14.6. The Morgan fingerprint density at radius 2 is 0.918 bits per heavy atom. The van der Waals surface area contributed by atoms with E-state index in [9.17, 15) is 19.4 Å². The minimum absolute atomic E-state index is 0.00405. The molecule has 0 fully saturated rings. The largest absolute Gasteiger partial charge is 0.756 e. The summed E-state index contributed by atoms with van der Waals surface area (Å²) in [7, 11) is 1.25. The molecule has 3 unspecified atom stereocenters. The molecule has 0 aliphatic heterocycles. The summed E-state index contributed by atoms with van der Waals surface area (Å²) in [6, 6.07) is -0.898. The zero-order valence-electron chi connectivity index (χ0n) is 41.1. The van der Waals surface area contributed by atoms with Gasteiger partial charge in [-0.2, -0.15) is 0 Å². The Hall–Kier alpha value is -1.02. The van der Waals surface area contributed by atoms with Crippen LogP contribution < -0.4 is 10.2 Å². The molecule has 0 aliphatic rings. The summed E-state index contributed by atoms with van der Waals surface area (Å²) in [5, 5.41) is 13.8. The lowest BCUT2D eigenvalue weighted by atomic mass is 10.0. The fourth-order valence-corrected chi connectivity index (χ4v) is 8.48. The van der Waals surface area contributed by atoms with Crippen LogP contribution in [-0.2, 0) is 18.4 Å². The van der Waals surface area contributed by atoms with Crippen molar-refractivity contribution >= 4 is 13.7 Å². The maximum absolute atomic E-state index is 12.9. The van der Waals surface area contributed by atoms with Crippen LogP contribution in [-0.4, -0.2) is 68.5 Å². The van der Waals surface area contributed by atoms with Crippen molar-refractivity contribution in [1.82, 2.24) is 5.32 Å². The molecule has 0 aromatic rings. The fraction of sp³-hybridized carbons (Fsp3) is 0.904. The first kappa shape index (κ1) is 60.0. The van der Waals surface area contributed by atoms with Gasteiger partial charge in [-0.25, -0.2) is 0 Å². The zero-order chi connectivity index (χ0) is 45.0. The SMILES string of the molecule is CCCCCCCCCCCCCCCCCCCCCC/C=C/CC/C=C/C(O)C(COP(=O)([O-])OCC[N+](C)(C)C)NC(=O)CCCCCCCCCCCCCCC. The number of unbranched alkanes of at least 4 members (excludes halogenated alkanes) is 33. The third-order valence-corrected chi connectivity index (χ3v) is 12.9. The smallest absolute Gasteiger partial charge is 0.268 e. The van der Waals surface area contributed by atoms with Gasteiger partial charge in [0.05, 0.1) is 39.9 Å². The van der Waals surface area contributed by atoms with Crippen LogP contribution in [0.2, 0.25) is 0 Å². The highest BCUT2D eigenvalue weighted by Gasteiger charge is 2.23. The standard InChI is InChI=1S/C52H103N2O6P/c1-6-8-10-12-14-16-18-20-21-22-23-24-25-26-27-28-29-30-31-32-34-35-37-39-41-43-45-51(55)50(49-60-61(57,58)59-48-47-54(3,4)5)53-52(56)46-44-42-40-38-36-33-19-17-15-13-11-9-7-2/h35,37,43,45,50-51,55H,6-34,36,38-42,44,46-49H2,1-5H3,(H-,53,56,57,58)/b37-35+,45-43+. The number of nitrogens with zero attached hydrogens (tertiary/aromatic N) is 1. The third kappa shape index (κ3) is 46.8. The second kappa shape index (κ2) is 44.2. The normalized spacial score (nSPS) is 14.3. The van der Waals surface area contributed by atoms with Crippen LogP contribution in [0.1, 0.15) is 251 Å². The second-order valence-corrected chi connectivity index (χ2v) is 20.6. The maximum atomic E-state index is 12.9. The molecular formula is C52H103N2O6P. The number of carbonyl (C=O) groups is 1. The van der Waals surface area contributed by atoms with Crippen LogP contribution in [0.25, 0.3) is 0 Å². The van der Waals surface area contributed by atoms with Crippen molar-refractivity contribution in [1.29, 1.82) is 0 Å². The van der Waals surface area contributed by atoms with Gasteiger partial charge in [0.25, 0.3) is 7.82 Å². The molecule has 0 aliphatic carbocycles. The van der Waals surface area contributed by atoms with Gasteiger partial charge in [-0.1, -0.05) is 237 Å². The lowest BCUT2D eigenvalue weighted by Gasteiger charge is -2.29. The molecule has 0 spiro atoms. The van der Waals surface area contributed by atoms with E-state index in [2.05, 4.69) is 31.3 Å². The highest BCUT2D eigenvalue weighted by Crippen LogP contribution is 2.38. The molecule has 0 saturated heterocycles. The molecule has 0 heterocycles. The monoisotopic (exact) mass is 883 g/mol. The first-order valence-corrected chi connectivity index (χ1v) is 27.7. The van der Waals surface area contributed by atoms with E-state index in [-0.39, 0.29) is 19.1 Å². The molecule has 0 saturated carbocycles. The Morgan fingerprint density at radius 1 is 0.557 bits per heavy atom. The Bertz CT molecular complexity index is 1050. The van der Waals surface area contributed by atoms with E-state index in [1.807, 2.05) is 27.2 Å². The summed E-state index contributed by atoms with van der Waals surface area (Å²) in [5.41, 5.74) is 0. The van der Waals surface area contributed by atoms with Crippen LogP contribution in [0, 0.1) is 0 Å². The van der Waals surface area contributed by atoms with Gasteiger partial charge in [0.2, 0.25) is 5.91 Å². The van der Waals surface area contributed by atoms with Crippen molar-refractivity contribution in [3.8, 4) is 0 Å². The molecule has 0 rings (SSSR count). The third-order valence-electron chi connectivity index (χ3n) is 11.9. The van der Waals surface area contributed by atoms with Crippen molar-refractivity contribution < 1.29 is 32.9 Å². The average Bonchev–Trinajstić information content (AvgIpc) is 3.21. The number of hydrogen-bond acceptors (Lipinski definition) is 6. The molecule has 3 atom stereocenters. The van der Waals surface area contributed by atoms with E-state index < -0.39 is 20.0 Å². The summed E-state index contributed by atoms with van der Waals surface area (Å²) in [4.78, 5) is 25.3. The number of nitrogens with one attached hydrogen (secondary N) is 1. The Labute approximate surface area is 379 Å². The van der Waals surface area contributed by atoms with Crippen molar-refractivity contribution in [3.63, 3.8) is 0 Å². The van der Waals surface area contributed by atoms with Crippen molar-refractivity contribution in [2.45, 2.75) is 264 Å². The lowest BCUT2D eigenvalue weighted by Crippen LogP contribution is -2.45. The summed E-state index contributed by atoms with van der Waals surface area (Å²) in [5.74, 6) is -0.205. The van der Waals surface area contributed by atoms with Gasteiger partial charge >= 0.3 is 0 Å². The Balaban J connectivity index is 4.24. The number of quaternary nitrogens is 1. The van der Waals surface area contributed by atoms with Gasteiger partial charge in [0.15, 0.2) is 0 Å². The van der Waals surface area contributed by atoms with E-state index in [4.69, 9.17) is 9.05 Å². The molecule has 1 amide bonds. The van der Waals surface area contributed by atoms with Crippen LogP contribution in [0.5, 0.6) is 0 Å². The van der Waals surface area contributed by atoms with Gasteiger partial charge in [0.1, 0.15) is 13.2 Å². The molecule has 0 aromatic carbocycles. The summed E-state index contributed by atoms with van der Waals surface area (Å²) in [6.07, 6.45) is 53.9. The lowest BCUT2D eigenvalue weighted by molar-refractivity contribution is -0.870. The molecule has 8 nitrogen and oxygen atoms in total. The average molecular weight is 883 g/mol. The molecule has 0 bridgehead atoms. The molecule has 362 valence electrons. The van der Waals surface area contributed by atoms with Gasteiger partial charge in [-0.3, -0.25) is 9.36 Å². The molecule has 9 heteroatoms. The highest BCUT2D eigenvalue weighted by molar-refractivity contribution is 7.45. The van der Waals surface area contributed by atoms with Crippen molar-refractivity contribution in [2.75, 3.05) is 40.9 Å². The van der Waals surface area contributed by atoms with E-state index in [1.54, 1.807) is 6.08 Å². The number of phosphoric acid groups is 1. The maximum Gasteiger partial charge on any atom is 0.268 e. The second-order valence-electron chi connectivity index (χ2n) is 19.2. The number of hydrogen-bond donors (Lipinski definition) is 2. The van der Waals surface area contributed by atoms with Gasteiger partial charge < -0.3 is 28.8 Å². The van der Waals surface area contributed by atoms with Crippen molar-refractivity contribution in [2.24, 2.45) is 0 Å². The first-order valence-electron chi connectivity index (χ1n) is 26.2. The number of rotatable bonds is 48. The number of aliphatic hydroxyl groups is 1. The summed E-state index contributed by atoms with van der Waals surface area (Å²) >= 11 is 0. The van der Waals surface area contributed by atoms with Gasteiger partial charge in [-0.15, -0.1) is 0 Å². The van der Waals surface area contributed by atoms with E-state index in [0.29, 0.717) is 17.4 Å². The van der Waals surface area contributed by atoms with Crippen molar-refractivity contribution in [3.05, 3.63) is 24.3 Å².